The Kier molecular flexibility index (Phi) is 3.85. The Bertz CT molecular complexity index is 961. The zero-order chi connectivity index (χ0) is 17.8. The van der Waals surface area contributed by atoms with E-state index in [1.165, 1.54) is 16.9 Å². The molecule has 1 amide bonds. The number of thiophene rings is 1. The van der Waals surface area contributed by atoms with E-state index in [1.807, 2.05) is 41.2 Å². The summed E-state index contributed by atoms with van der Waals surface area (Å²) in [4.78, 5) is 19.9. The molecule has 0 radical (unpaired) electrons. The Hall–Kier alpha value is -1.92. The third-order valence-electron chi connectivity index (χ3n) is 4.94. The SMILES string of the molecule is Cn1cc(C2CN(C(=O)c3sc4cccnc4c3Cl)CC2(C)C)cn1. The van der Waals surface area contributed by atoms with Gasteiger partial charge in [-0.3, -0.25) is 14.5 Å². The summed E-state index contributed by atoms with van der Waals surface area (Å²) in [6.07, 6.45) is 5.64. The third kappa shape index (κ3) is 2.73. The molecule has 5 nitrogen and oxygen atoms in total. The summed E-state index contributed by atoms with van der Waals surface area (Å²) in [5.74, 6) is 0.254. The lowest BCUT2D eigenvalue weighted by atomic mass is 9.79. The topological polar surface area (TPSA) is 51.0 Å². The summed E-state index contributed by atoms with van der Waals surface area (Å²) in [6, 6.07) is 3.81. The van der Waals surface area contributed by atoms with Crippen LogP contribution in [0.25, 0.3) is 10.2 Å². The number of pyridine rings is 1. The molecule has 7 heteroatoms. The molecule has 1 atom stereocenters. The minimum absolute atomic E-state index is 0.00698. The standard InChI is InChI=1S/C18H19ClN4OS/c1-18(2)10-23(9-12(18)11-7-21-22(3)8-11)17(24)16-14(19)15-13(25-16)5-4-6-20-15/h4-8,12H,9-10H2,1-3H3. The number of likely N-dealkylation sites (tertiary alicyclic amines) is 1. The molecular weight excluding hydrogens is 356 g/mol. The predicted molar refractivity (Wildman–Crippen MR) is 100 cm³/mol. The predicted octanol–water partition coefficient (Wildman–Crippen LogP) is 3.95. The lowest BCUT2D eigenvalue weighted by Crippen LogP contribution is -2.29. The Balaban J connectivity index is 1.65. The molecule has 4 heterocycles. The molecule has 1 fully saturated rings. The van der Waals surface area contributed by atoms with Gasteiger partial charge >= 0.3 is 0 Å². The average Bonchev–Trinajstić information content (AvgIpc) is 3.23. The lowest BCUT2D eigenvalue weighted by molar-refractivity contribution is 0.0783. The summed E-state index contributed by atoms with van der Waals surface area (Å²) in [7, 11) is 1.92. The van der Waals surface area contributed by atoms with Crippen molar-refractivity contribution in [2.75, 3.05) is 13.1 Å². The first-order chi connectivity index (χ1) is 11.9. The number of nitrogens with zero attached hydrogens (tertiary/aromatic N) is 4. The van der Waals surface area contributed by atoms with Gasteiger partial charge in [-0.25, -0.2) is 0 Å². The monoisotopic (exact) mass is 374 g/mol. The van der Waals surface area contributed by atoms with Gasteiger partial charge in [-0.2, -0.15) is 5.10 Å². The Morgan fingerprint density at radius 3 is 2.92 bits per heavy atom. The van der Waals surface area contributed by atoms with Crippen LogP contribution in [0.15, 0.2) is 30.7 Å². The molecule has 3 aromatic heterocycles. The zero-order valence-corrected chi connectivity index (χ0v) is 15.9. The van der Waals surface area contributed by atoms with Gasteiger partial charge in [-0.1, -0.05) is 25.4 Å². The van der Waals surface area contributed by atoms with E-state index in [1.54, 1.807) is 6.20 Å². The van der Waals surface area contributed by atoms with Gasteiger partial charge in [0.15, 0.2) is 0 Å². The molecule has 1 aliphatic heterocycles. The van der Waals surface area contributed by atoms with Crippen LogP contribution in [0, 0.1) is 5.41 Å². The van der Waals surface area contributed by atoms with Gasteiger partial charge in [0, 0.05) is 38.4 Å². The first-order valence-corrected chi connectivity index (χ1v) is 9.37. The van der Waals surface area contributed by atoms with Gasteiger partial charge in [0.05, 0.1) is 15.9 Å². The molecule has 1 unspecified atom stereocenters. The van der Waals surface area contributed by atoms with Gasteiger partial charge in [-0.05, 0) is 23.1 Å². The van der Waals surface area contributed by atoms with E-state index in [0.29, 0.717) is 28.5 Å². The Morgan fingerprint density at radius 2 is 2.24 bits per heavy atom. The Labute approximate surface area is 155 Å². The molecule has 1 aliphatic rings. The summed E-state index contributed by atoms with van der Waals surface area (Å²) in [5.41, 5.74) is 1.87. The van der Waals surface area contributed by atoms with Crippen molar-refractivity contribution in [2.45, 2.75) is 19.8 Å². The smallest absolute Gasteiger partial charge is 0.265 e. The van der Waals surface area contributed by atoms with Crippen LogP contribution in [-0.4, -0.2) is 38.7 Å². The van der Waals surface area contributed by atoms with E-state index in [4.69, 9.17) is 11.6 Å². The highest BCUT2D eigenvalue weighted by Gasteiger charge is 2.43. The number of hydrogen-bond acceptors (Lipinski definition) is 4. The maximum Gasteiger partial charge on any atom is 0.265 e. The molecule has 0 spiro atoms. The van der Waals surface area contributed by atoms with Gasteiger partial charge in [-0.15, -0.1) is 11.3 Å². The number of aryl methyl sites for hydroxylation is 1. The lowest BCUT2D eigenvalue weighted by Gasteiger charge is -2.24. The highest BCUT2D eigenvalue weighted by Crippen LogP contribution is 2.44. The van der Waals surface area contributed by atoms with Crippen molar-refractivity contribution >= 4 is 39.1 Å². The summed E-state index contributed by atoms with van der Waals surface area (Å²) in [6.45, 7) is 5.77. The van der Waals surface area contributed by atoms with Gasteiger partial charge in [0.25, 0.3) is 5.91 Å². The van der Waals surface area contributed by atoms with Crippen LogP contribution >= 0.6 is 22.9 Å². The molecule has 4 rings (SSSR count). The van der Waals surface area contributed by atoms with Crippen molar-refractivity contribution in [1.82, 2.24) is 19.7 Å². The Morgan fingerprint density at radius 1 is 1.44 bits per heavy atom. The van der Waals surface area contributed by atoms with E-state index >= 15 is 0 Å². The summed E-state index contributed by atoms with van der Waals surface area (Å²) >= 11 is 7.86. The van der Waals surface area contributed by atoms with Crippen LogP contribution in [0.3, 0.4) is 0 Å². The number of halogens is 1. The van der Waals surface area contributed by atoms with E-state index in [0.717, 1.165) is 4.70 Å². The second-order valence-electron chi connectivity index (χ2n) is 7.27. The molecule has 1 saturated heterocycles. The molecule has 0 bridgehead atoms. The molecule has 130 valence electrons. The number of rotatable bonds is 2. The molecule has 0 aromatic carbocycles. The first-order valence-electron chi connectivity index (χ1n) is 8.17. The highest BCUT2D eigenvalue weighted by atomic mass is 35.5. The quantitative estimate of drug-likeness (QED) is 0.682. The third-order valence-corrected chi connectivity index (χ3v) is 6.56. The van der Waals surface area contributed by atoms with Crippen molar-refractivity contribution < 1.29 is 4.79 Å². The van der Waals surface area contributed by atoms with Crippen LogP contribution in [0.2, 0.25) is 5.02 Å². The fraction of sp³-hybridized carbons (Fsp3) is 0.389. The van der Waals surface area contributed by atoms with Crippen LogP contribution in [0.4, 0.5) is 0 Å². The fourth-order valence-corrected chi connectivity index (χ4v) is 5.07. The zero-order valence-electron chi connectivity index (χ0n) is 14.4. The minimum atomic E-state index is -0.0138. The largest absolute Gasteiger partial charge is 0.337 e. The van der Waals surface area contributed by atoms with Crippen LogP contribution in [0.1, 0.15) is 35.0 Å². The maximum atomic E-state index is 13.1. The van der Waals surface area contributed by atoms with Gasteiger partial charge < -0.3 is 4.90 Å². The molecule has 0 saturated carbocycles. The van der Waals surface area contributed by atoms with Crippen LogP contribution < -0.4 is 0 Å². The van der Waals surface area contributed by atoms with Crippen molar-refractivity contribution in [2.24, 2.45) is 12.5 Å². The number of carbonyl (C=O) groups excluding carboxylic acids is 1. The molecular formula is C18H19ClN4OS. The van der Waals surface area contributed by atoms with Crippen molar-refractivity contribution in [3.05, 3.63) is 46.2 Å². The van der Waals surface area contributed by atoms with E-state index in [-0.39, 0.29) is 17.2 Å². The normalized spacial score (nSPS) is 19.7. The first kappa shape index (κ1) is 16.5. The minimum Gasteiger partial charge on any atom is -0.337 e. The van der Waals surface area contributed by atoms with Crippen molar-refractivity contribution in [3.63, 3.8) is 0 Å². The van der Waals surface area contributed by atoms with E-state index < -0.39 is 0 Å². The van der Waals surface area contributed by atoms with Crippen molar-refractivity contribution in [3.8, 4) is 0 Å². The second kappa shape index (κ2) is 5.81. The number of carbonyl (C=O) groups is 1. The molecule has 0 aliphatic carbocycles. The van der Waals surface area contributed by atoms with E-state index in [9.17, 15) is 4.79 Å². The van der Waals surface area contributed by atoms with Crippen LogP contribution in [-0.2, 0) is 7.05 Å². The number of fused-ring (bicyclic) bond motifs is 1. The van der Waals surface area contributed by atoms with Crippen molar-refractivity contribution in [1.29, 1.82) is 0 Å². The average molecular weight is 375 g/mol. The molecule has 25 heavy (non-hydrogen) atoms. The van der Waals surface area contributed by atoms with Gasteiger partial charge in [0.1, 0.15) is 10.4 Å². The van der Waals surface area contributed by atoms with Gasteiger partial charge in [0.2, 0.25) is 0 Å². The number of aromatic nitrogens is 3. The second-order valence-corrected chi connectivity index (χ2v) is 8.70. The highest BCUT2D eigenvalue weighted by molar-refractivity contribution is 7.21. The fourth-order valence-electron chi connectivity index (χ4n) is 3.65. The molecule has 3 aromatic rings. The number of amides is 1. The summed E-state index contributed by atoms with van der Waals surface area (Å²) in [5, 5.41) is 4.75. The molecule has 0 N–H and O–H groups in total. The maximum absolute atomic E-state index is 13.1. The van der Waals surface area contributed by atoms with E-state index in [2.05, 4.69) is 23.9 Å². The number of hydrogen-bond donors (Lipinski definition) is 0. The summed E-state index contributed by atoms with van der Waals surface area (Å²) < 4.78 is 2.75. The van der Waals surface area contributed by atoms with Crippen LogP contribution in [0.5, 0.6) is 0 Å².